The van der Waals surface area contributed by atoms with Crippen molar-refractivity contribution in [2.75, 3.05) is 14.2 Å². The van der Waals surface area contributed by atoms with Crippen LogP contribution in [0.2, 0.25) is 0 Å². The molecule has 0 aliphatic heterocycles. The monoisotopic (exact) mass is 609 g/mol. The maximum Gasteiger partial charge on any atom is 0.269 e. The van der Waals surface area contributed by atoms with Gasteiger partial charge in [-0.15, -0.1) is 4.33 Å². The van der Waals surface area contributed by atoms with E-state index in [1.54, 1.807) is 14.2 Å². The third kappa shape index (κ3) is 7.76. The van der Waals surface area contributed by atoms with E-state index in [0.29, 0.717) is 19.3 Å². The summed E-state index contributed by atoms with van der Waals surface area (Å²) >= 11 is 0.781. The highest BCUT2D eigenvalue weighted by Crippen LogP contribution is 2.46. The standard InChI is InChI=1S/C24H43N5O9S2/c1-35-19-12-18(20(36-2)11-17(19)27-26-14-6-4-3-5-7-14)28-29-23-21(39-38-37-31)8-13-9-22(40(32,33)34)16(25)10-15(13)24(23)30/h13-24,30-31H,3-12,25H2,1-2H3,(H,32,33,34). The van der Waals surface area contributed by atoms with Crippen LogP contribution >= 0.6 is 12.0 Å². The van der Waals surface area contributed by atoms with Gasteiger partial charge in [0.05, 0.1) is 41.7 Å². The predicted molar refractivity (Wildman–Crippen MR) is 145 cm³/mol. The lowest BCUT2D eigenvalue weighted by atomic mass is 9.66. The number of methoxy groups -OCH3 is 2. The van der Waals surface area contributed by atoms with E-state index in [0.717, 1.165) is 24.9 Å². The molecule has 16 heteroatoms. The number of ether oxygens (including phenoxy) is 2. The highest BCUT2D eigenvalue weighted by molar-refractivity contribution is 7.95. The first kappa shape index (κ1) is 32.1. The van der Waals surface area contributed by atoms with Gasteiger partial charge in [0.25, 0.3) is 10.1 Å². The fourth-order valence-electron chi connectivity index (χ4n) is 6.94. The first-order chi connectivity index (χ1) is 19.2. The number of fused-ring (bicyclic) bond motifs is 1. The van der Waals surface area contributed by atoms with Crippen LogP contribution in [0.1, 0.15) is 64.2 Å². The quantitative estimate of drug-likeness (QED) is 0.0930. The molecule has 0 aromatic heterocycles. The van der Waals surface area contributed by atoms with Crippen molar-refractivity contribution < 1.29 is 42.2 Å². The molecule has 0 aromatic carbocycles. The van der Waals surface area contributed by atoms with E-state index in [2.05, 4.69) is 25.5 Å². The Morgan fingerprint density at radius 1 is 0.875 bits per heavy atom. The Kier molecular flexibility index (Phi) is 11.7. The lowest BCUT2D eigenvalue weighted by Crippen LogP contribution is -2.57. The highest BCUT2D eigenvalue weighted by atomic mass is 32.2. The van der Waals surface area contributed by atoms with Gasteiger partial charge in [0.2, 0.25) is 0 Å². The summed E-state index contributed by atoms with van der Waals surface area (Å²) in [6.07, 6.45) is 6.03. The van der Waals surface area contributed by atoms with Gasteiger partial charge in [0, 0.05) is 45.1 Å². The van der Waals surface area contributed by atoms with Crippen LogP contribution in [-0.4, -0.2) is 96.6 Å². The zero-order chi connectivity index (χ0) is 28.9. The van der Waals surface area contributed by atoms with Gasteiger partial charge in [-0.3, -0.25) is 4.55 Å². The topological polar surface area (TPSA) is 207 Å². The molecule has 5 N–H and O–H groups in total. The molecule has 0 heterocycles. The van der Waals surface area contributed by atoms with Crippen LogP contribution in [-0.2, 0) is 29.0 Å². The van der Waals surface area contributed by atoms with Crippen LogP contribution in [0.15, 0.2) is 20.5 Å². The van der Waals surface area contributed by atoms with Gasteiger partial charge < -0.3 is 20.3 Å². The van der Waals surface area contributed by atoms with E-state index >= 15 is 0 Å². The maximum absolute atomic E-state index is 11.9. The normalized spacial score (nSPS) is 41.9. The Balaban J connectivity index is 1.47. The van der Waals surface area contributed by atoms with Crippen LogP contribution in [0.25, 0.3) is 0 Å². The zero-order valence-corrected chi connectivity index (χ0v) is 24.6. The van der Waals surface area contributed by atoms with E-state index < -0.39 is 38.8 Å². The Labute approximate surface area is 239 Å². The molecular weight excluding hydrogens is 566 g/mol. The van der Waals surface area contributed by atoms with Crippen molar-refractivity contribution in [3.8, 4) is 0 Å². The van der Waals surface area contributed by atoms with Crippen LogP contribution in [0.4, 0.5) is 0 Å². The summed E-state index contributed by atoms with van der Waals surface area (Å²) in [5.41, 5.74) is 6.10. The lowest BCUT2D eigenvalue weighted by Gasteiger charge is -2.47. The third-order valence-corrected chi connectivity index (χ3v) is 11.3. The molecule has 11 unspecified atom stereocenters. The number of aliphatic hydroxyl groups excluding tert-OH is 1. The van der Waals surface area contributed by atoms with Crippen LogP contribution in [0.5, 0.6) is 0 Å². The predicted octanol–water partition coefficient (Wildman–Crippen LogP) is 2.97. The Hall–Kier alpha value is -0.820. The summed E-state index contributed by atoms with van der Waals surface area (Å²) < 4.78 is 49.6. The second-order valence-electron chi connectivity index (χ2n) is 11.5. The second-order valence-corrected chi connectivity index (χ2v) is 14.1. The zero-order valence-electron chi connectivity index (χ0n) is 23.0. The minimum absolute atomic E-state index is 0.101. The molecule has 0 amide bonds. The number of rotatable bonds is 10. The molecule has 0 radical (unpaired) electrons. The molecule has 0 bridgehead atoms. The molecular formula is C24H43N5O9S2. The average Bonchev–Trinajstić information content (AvgIpc) is 2.94. The van der Waals surface area contributed by atoms with E-state index in [-0.39, 0.29) is 55.0 Å². The summed E-state index contributed by atoms with van der Waals surface area (Å²) in [6, 6.07) is -1.79. The summed E-state index contributed by atoms with van der Waals surface area (Å²) in [7, 11) is -1.07. The number of azo groups is 2. The Morgan fingerprint density at radius 2 is 1.50 bits per heavy atom. The van der Waals surface area contributed by atoms with Gasteiger partial charge >= 0.3 is 0 Å². The van der Waals surface area contributed by atoms with Gasteiger partial charge in [-0.2, -0.15) is 28.9 Å². The molecule has 0 spiro atoms. The van der Waals surface area contributed by atoms with Gasteiger partial charge in [0.1, 0.15) is 11.3 Å². The smallest absolute Gasteiger partial charge is 0.269 e. The molecule has 4 aliphatic carbocycles. The van der Waals surface area contributed by atoms with E-state index in [4.69, 9.17) is 24.8 Å². The van der Waals surface area contributed by atoms with Crippen LogP contribution < -0.4 is 5.73 Å². The first-order valence-corrected chi connectivity index (χ1v) is 16.4. The summed E-state index contributed by atoms with van der Waals surface area (Å²) in [4.78, 5) is 0. The van der Waals surface area contributed by atoms with Gasteiger partial charge in [-0.25, -0.2) is 5.26 Å². The lowest BCUT2D eigenvalue weighted by molar-refractivity contribution is -0.432. The summed E-state index contributed by atoms with van der Waals surface area (Å²) in [5, 5.41) is 40.7. The fourth-order valence-corrected chi connectivity index (χ4v) is 8.77. The van der Waals surface area contributed by atoms with Gasteiger partial charge in [-0.05, 0) is 43.9 Å². The molecule has 4 rings (SSSR count). The second kappa shape index (κ2) is 14.6. The minimum Gasteiger partial charge on any atom is -0.390 e. The molecule has 40 heavy (non-hydrogen) atoms. The molecule has 11 atom stereocenters. The fraction of sp³-hybridized carbons (Fsp3) is 1.00. The molecule has 0 saturated heterocycles. The number of hydrogen-bond acceptors (Lipinski definition) is 14. The van der Waals surface area contributed by atoms with Crippen LogP contribution in [0.3, 0.4) is 0 Å². The van der Waals surface area contributed by atoms with Gasteiger partial charge in [-0.1, -0.05) is 24.3 Å². The number of aliphatic hydroxyl groups is 1. The highest BCUT2D eigenvalue weighted by Gasteiger charge is 2.51. The van der Waals surface area contributed by atoms with Crippen molar-refractivity contribution in [2.45, 2.75) is 123 Å². The molecule has 4 aliphatic rings. The first-order valence-electron chi connectivity index (χ1n) is 14.0. The molecule has 4 saturated carbocycles. The van der Waals surface area contributed by atoms with Crippen molar-refractivity contribution in [1.82, 2.24) is 0 Å². The molecule has 230 valence electrons. The average molecular weight is 610 g/mol. The van der Waals surface area contributed by atoms with Crippen molar-refractivity contribution >= 4 is 22.2 Å². The summed E-state index contributed by atoms with van der Waals surface area (Å²) in [6.45, 7) is 0. The number of nitrogens with zero attached hydrogens (tertiary/aromatic N) is 4. The molecule has 0 aromatic rings. The Bertz CT molecular complexity index is 968. The van der Waals surface area contributed by atoms with Gasteiger partial charge in [0.15, 0.2) is 0 Å². The SMILES string of the molecule is COC1CC(N=NC2C(SOOO)CC3CC(S(=O)(=O)O)C(N)CC3C2O)C(OC)CC1N=NC1CCCCC1. The van der Waals surface area contributed by atoms with E-state index in [1.807, 2.05) is 0 Å². The number of nitrogens with two attached hydrogens (primary N) is 1. The van der Waals surface area contributed by atoms with Crippen LogP contribution in [0, 0.1) is 11.8 Å². The van der Waals surface area contributed by atoms with E-state index in [9.17, 15) is 18.1 Å². The minimum atomic E-state index is -4.34. The van der Waals surface area contributed by atoms with Crippen molar-refractivity contribution in [3.63, 3.8) is 0 Å². The Morgan fingerprint density at radius 3 is 2.08 bits per heavy atom. The molecule has 14 nitrogen and oxygen atoms in total. The van der Waals surface area contributed by atoms with Crippen molar-refractivity contribution in [2.24, 2.45) is 38.0 Å². The summed E-state index contributed by atoms with van der Waals surface area (Å²) in [5.74, 6) is -0.604. The van der Waals surface area contributed by atoms with Crippen molar-refractivity contribution in [3.05, 3.63) is 0 Å². The maximum atomic E-state index is 11.9. The third-order valence-electron chi connectivity index (χ3n) is 9.16. The largest absolute Gasteiger partial charge is 0.390 e. The van der Waals surface area contributed by atoms with E-state index in [1.165, 1.54) is 19.3 Å². The van der Waals surface area contributed by atoms with Crippen molar-refractivity contribution in [1.29, 1.82) is 0 Å². The number of hydrogen-bond donors (Lipinski definition) is 4. The molecule has 4 fully saturated rings.